The van der Waals surface area contributed by atoms with E-state index < -0.39 is 0 Å². The number of pyridine rings is 1. The van der Waals surface area contributed by atoms with Gasteiger partial charge in [-0.1, -0.05) is 65.9 Å². The monoisotopic (exact) mass is 407 g/mol. The second-order valence-corrected chi connectivity index (χ2v) is 7.43. The van der Waals surface area contributed by atoms with Gasteiger partial charge in [-0.05, 0) is 47.4 Å². The van der Waals surface area contributed by atoms with Gasteiger partial charge in [-0.25, -0.2) is 4.98 Å². The minimum atomic E-state index is 0.447. The van der Waals surface area contributed by atoms with Crippen LogP contribution in [0, 0.1) is 0 Å². The Balaban J connectivity index is 1.21. The number of nitrogens with one attached hydrogen (secondary N) is 1. The normalized spacial score (nSPS) is 11.0. The lowest BCUT2D eigenvalue weighted by Crippen LogP contribution is -1.98. The van der Waals surface area contributed by atoms with Crippen molar-refractivity contribution >= 4 is 10.9 Å². The average molecular weight is 407 g/mol. The maximum absolute atomic E-state index is 5.94. The van der Waals surface area contributed by atoms with Crippen molar-refractivity contribution in [3.63, 3.8) is 0 Å². The van der Waals surface area contributed by atoms with E-state index in [1.54, 1.807) is 0 Å². The molecule has 0 bridgehead atoms. The molecule has 5 aromatic rings. The first-order chi connectivity index (χ1) is 15.3. The van der Waals surface area contributed by atoms with Crippen LogP contribution >= 0.6 is 0 Å². The van der Waals surface area contributed by atoms with E-state index in [-0.39, 0.29) is 0 Å². The zero-order valence-electron chi connectivity index (χ0n) is 16.9. The molecule has 31 heavy (non-hydrogen) atoms. The van der Waals surface area contributed by atoms with Crippen LogP contribution in [-0.4, -0.2) is 25.6 Å². The maximum Gasteiger partial charge on any atom is 0.178 e. The second-order valence-electron chi connectivity index (χ2n) is 7.43. The summed E-state index contributed by atoms with van der Waals surface area (Å²) in [6.07, 6.45) is 1.52. The molecule has 0 aliphatic carbocycles. The van der Waals surface area contributed by atoms with Crippen LogP contribution in [0.25, 0.3) is 10.9 Å². The fraction of sp³-hybridized carbons (Fsp3) is 0.120. The van der Waals surface area contributed by atoms with Crippen LogP contribution in [-0.2, 0) is 19.4 Å². The zero-order valence-corrected chi connectivity index (χ0v) is 16.9. The van der Waals surface area contributed by atoms with E-state index in [1.807, 2.05) is 36.4 Å². The van der Waals surface area contributed by atoms with Crippen LogP contribution in [0.2, 0.25) is 0 Å². The number of aromatic amines is 1. The molecule has 2 heterocycles. The molecule has 6 heteroatoms. The van der Waals surface area contributed by atoms with Gasteiger partial charge in [-0.15, -0.1) is 10.2 Å². The van der Waals surface area contributed by atoms with E-state index in [1.165, 1.54) is 16.7 Å². The smallest absolute Gasteiger partial charge is 0.178 e. The van der Waals surface area contributed by atoms with Crippen LogP contribution in [0.5, 0.6) is 5.75 Å². The topological polar surface area (TPSA) is 76.6 Å². The van der Waals surface area contributed by atoms with Gasteiger partial charge in [0.1, 0.15) is 12.4 Å². The number of aromatic nitrogens is 5. The molecule has 0 saturated carbocycles. The van der Waals surface area contributed by atoms with Gasteiger partial charge in [-0.3, -0.25) is 0 Å². The minimum absolute atomic E-state index is 0.447. The molecule has 0 radical (unpaired) electrons. The molecule has 6 nitrogen and oxygen atoms in total. The highest BCUT2D eigenvalue weighted by Gasteiger charge is 2.04. The highest BCUT2D eigenvalue weighted by atomic mass is 16.5. The molecule has 5 rings (SSSR count). The van der Waals surface area contributed by atoms with Crippen molar-refractivity contribution in [2.75, 3.05) is 0 Å². The number of benzene rings is 3. The third-order valence-electron chi connectivity index (χ3n) is 5.12. The molecule has 3 aromatic carbocycles. The fourth-order valence-corrected chi connectivity index (χ4v) is 3.57. The maximum atomic E-state index is 5.94. The molecule has 2 aromatic heterocycles. The van der Waals surface area contributed by atoms with Crippen molar-refractivity contribution in [1.29, 1.82) is 0 Å². The number of tetrazole rings is 1. The summed E-state index contributed by atoms with van der Waals surface area (Å²) in [7, 11) is 0. The van der Waals surface area contributed by atoms with Gasteiger partial charge in [0.25, 0.3) is 0 Å². The molecule has 0 aliphatic heterocycles. The van der Waals surface area contributed by atoms with E-state index in [0.717, 1.165) is 28.8 Å². The molecule has 152 valence electrons. The van der Waals surface area contributed by atoms with Gasteiger partial charge < -0.3 is 4.74 Å². The van der Waals surface area contributed by atoms with Crippen LogP contribution in [0.1, 0.15) is 28.2 Å². The molecular formula is C25H21N5O. The number of H-pyrrole nitrogens is 1. The van der Waals surface area contributed by atoms with Crippen molar-refractivity contribution in [1.82, 2.24) is 25.6 Å². The third-order valence-corrected chi connectivity index (χ3v) is 5.12. The first-order valence-corrected chi connectivity index (χ1v) is 10.2. The Morgan fingerprint density at radius 3 is 2.42 bits per heavy atom. The van der Waals surface area contributed by atoms with Crippen molar-refractivity contribution in [3.8, 4) is 5.75 Å². The Morgan fingerprint density at radius 2 is 1.58 bits per heavy atom. The number of hydrogen-bond donors (Lipinski definition) is 1. The van der Waals surface area contributed by atoms with Gasteiger partial charge in [0.15, 0.2) is 5.82 Å². The Bertz CT molecular complexity index is 1280. The highest BCUT2D eigenvalue weighted by molar-refractivity contribution is 5.78. The lowest BCUT2D eigenvalue weighted by Gasteiger charge is -2.08. The Morgan fingerprint density at radius 1 is 0.742 bits per heavy atom. The summed E-state index contributed by atoms with van der Waals surface area (Å²) in [5, 5.41) is 15.3. The molecular weight excluding hydrogens is 386 g/mol. The summed E-state index contributed by atoms with van der Waals surface area (Å²) >= 11 is 0. The average Bonchev–Trinajstić information content (AvgIpc) is 3.32. The Labute approximate surface area is 179 Å². The van der Waals surface area contributed by atoms with Crippen molar-refractivity contribution in [3.05, 3.63) is 113 Å². The highest BCUT2D eigenvalue weighted by Crippen LogP contribution is 2.18. The molecule has 0 spiro atoms. The lowest BCUT2D eigenvalue weighted by molar-refractivity contribution is 0.301. The van der Waals surface area contributed by atoms with E-state index in [4.69, 9.17) is 4.74 Å². The van der Waals surface area contributed by atoms with Crippen molar-refractivity contribution in [2.45, 2.75) is 19.4 Å². The lowest BCUT2D eigenvalue weighted by atomic mass is 10.0. The Hall–Kier alpha value is -4.06. The molecule has 0 amide bonds. The summed E-state index contributed by atoms with van der Waals surface area (Å²) in [5.41, 5.74) is 5.55. The first-order valence-electron chi connectivity index (χ1n) is 10.2. The van der Waals surface area contributed by atoms with Crippen LogP contribution in [0.4, 0.5) is 0 Å². The number of hydrogen-bond acceptors (Lipinski definition) is 5. The predicted molar refractivity (Wildman–Crippen MR) is 119 cm³/mol. The first kappa shape index (κ1) is 18.9. The molecule has 0 saturated heterocycles. The van der Waals surface area contributed by atoms with Crippen LogP contribution < -0.4 is 4.74 Å². The van der Waals surface area contributed by atoms with Gasteiger partial charge in [0.05, 0.1) is 11.2 Å². The summed E-state index contributed by atoms with van der Waals surface area (Å²) in [4.78, 5) is 4.66. The largest absolute Gasteiger partial charge is 0.487 e. The van der Waals surface area contributed by atoms with E-state index in [0.29, 0.717) is 18.9 Å². The SMILES string of the molecule is c1cc(Cc2ccc(OCc3ccc4ccccc4n3)cc2)cc(Cc2nn[nH]n2)c1. The summed E-state index contributed by atoms with van der Waals surface area (Å²) in [6.45, 7) is 0.447. The number of nitrogens with zero attached hydrogens (tertiary/aromatic N) is 4. The zero-order chi connectivity index (χ0) is 20.9. The summed E-state index contributed by atoms with van der Waals surface area (Å²) < 4.78 is 5.94. The van der Waals surface area contributed by atoms with Gasteiger partial charge in [0.2, 0.25) is 0 Å². The molecule has 0 unspecified atom stereocenters. The standard InChI is InChI=1S/C25H21N5O/c1-2-7-24-21(6-1)10-11-22(26-24)17-31-23-12-8-18(9-13-23)14-19-4-3-5-20(15-19)16-25-27-29-30-28-25/h1-13,15H,14,16-17H2,(H,27,28,29,30). The molecule has 0 atom stereocenters. The third kappa shape index (κ3) is 4.75. The van der Waals surface area contributed by atoms with Crippen molar-refractivity contribution in [2.24, 2.45) is 0 Å². The summed E-state index contributed by atoms with van der Waals surface area (Å²) in [6, 6.07) is 28.9. The minimum Gasteiger partial charge on any atom is -0.487 e. The van der Waals surface area contributed by atoms with E-state index in [9.17, 15) is 0 Å². The molecule has 1 N–H and O–H groups in total. The van der Waals surface area contributed by atoms with Crippen LogP contribution in [0.15, 0.2) is 84.9 Å². The molecule has 0 fully saturated rings. The van der Waals surface area contributed by atoms with Gasteiger partial charge >= 0.3 is 0 Å². The fourth-order valence-electron chi connectivity index (χ4n) is 3.57. The molecule has 0 aliphatic rings. The number of ether oxygens (including phenoxy) is 1. The summed E-state index contributed by atoms with van der Waals surface area (Å²) in [5.74, 6) is 1.53. The predicted octanol–water partition coefficient (Wildman–Crippen LogP) is 4.51. The van der Waals surface area contributed by atoms with Gasteiger partial charge in [0, 0.05) is 11.8 Å². The van der Waals surface area contributed by atoms with E-state index >= 15 is 0 Å². The number of rotatable bonds is 7. The second kappa shape index (κ2) is 8.75. The van der Waals surface area contributed by atoms with Gasteiger partial charge in [-0.2, -0.15) is 5.21 Å². The Kier molecular flexibility index (Phi) is 5.35. The van der Waals surface area contributed by atoms with E-state index in [2.05, 4.69) is 74.1 Å². The van der Waals surface area contributed by atoms with Crippen LogP contribution in [0.3, 0.4) is 0 Å². The quantitative estimate of drug-likeness (QED) is 0.430. The van der Waals surface area contributed by atoms with Crippen molar-refractivity contribution < 1.29 is 4.74 Å². The number of para-hydroxylation sites is 1. The number of fused-ring (bicyclic) bond motifs is 1.